The molecule has 0 aromatic heterocycles. The Bertz CT molecular complexity index is 391. The van der Waals surface area contributed by atoms with Crippen LogP contribution in [0.4, 0.5) is 0 Å². The van der Waals surface area contributed by atoms with Crippen molar-refractivity contribution in [1.82, 2.24) is 0 Å². The van der Waals surface area contributed by atoms with Gasteiger partial charge >= 0.3 is 0 Å². The van der Waals surface area contributed by atoms with E-state index < -0.39 is 8.32 Å². The molecule has 0 saturated carbocycles. The molecule has 142 valence electrons. The summed E-state index contributed by atoms with van der Waals surface area (Å²) in [5.74, 6) is 0.237. The van der Waals surface area contributed by atoms with Crippen LogP contribution in [0.15, 0.2) is 12.7 Å². The van der Waals surface area contributed by atoms with Crippen LogP contribution in [0.2, 0.25) is 18.1 Å². The van der Waals surface area contributed by atoms with Gasteiger partial charge in [-0.15, -0.1) is 6.58 Å². The predicted octanol–water partition coefficient (Wildman–Crippen LogP) is 6.06. The third-order valence-corrected chi connectivity index (χ3v) is 10.0. The van der Waals surface area contributed by atoms with E-state index in [-0.39, 0.29) is 34.4 Å². The molecule has 0 amide bonds. The summed E-state index contributed by atoms with van der Waals surface area (Å²) in [6, 6.07) is 0. The van der Waals surface area contributed by atoms with Crippen molar-refractivity contribution in [1.29, 1.82) is 0 Å². The molecule has 0 aliphatic carbocycles. The van der Waals surface area contributed by atoms with Gasteiger partial charge in [-0.05, 0) is 36.9 Å². The first-order chi connectivity index (χ1) is 11.0. The normalized spacial score (nSPS) is 16.5. The lowest BCUT2D eigenvalue weighted by Gasteiger charge is -2.41. The third kappa shape index (κ3) is 7.93. The second-order valence-electron chi connectivity index (χ2n) is 8.57. The number of hydrogen-bond donors (Lipinski definition) is 0. The van der Waals surface area contributed by atoms with E-state index in [1.807, 2.05) is 6.08 Å². The van der Waals surface area contributed by atoms with Crippen molar-refractivity contribution in [2.24, 2.45) is 11.8 Å². The summed E-state index contributed by atoms with van der Waals surface area (Å²) >= 11 is 0. The Balaban J connectivity index is 5.19. The van der Waals surface area contributed by atoms with Crippen molar-refractivity contribution >= 4 is 8.32 Å². The topological polar surface area (TPSA) is 52.4 Å². The van der Waals surface area contributed by atoms with E-state index >= 15 is 0 Å². The summed E-state index contributed by atoms with van der Waals surface area (Å²) in [7, 11) is -1.91. The van der Waals surface area contributed by atoms with Gasteiger partial charge in [0.2, 0.25) is 6.54 Å². The minimum absolute atomic E-state index is 0.0231. The second-order valence-corrected chi connectivity index (χ2v) is 13.3. The Morgan fingerprint density at radius 2 is 1.88 bits per heavy atom. The standard InChI is InChI=1S/C19H39NO3Si/c1-9-11-12-14-17(15-20(21)22)16(3)18(13-10-2)23-24(7,8)19(4,5)6/h10,16-18H,2,9,11-15H2,1,3-8H3/t16-,17+,18?/m1/s1. The number of rotatable bonds is 12. The molecule has 0 N–H and O–H groups in total. The molecule has 0 fully saturated rings. The van der Waals surface area contributed by atoms with Crippen molar-refractivity contribution in [3.05, 3.63) is 22.8 Å². The molecule has 0 aromatic carbocycles. The van der Waals surface area contributed by atoms with Gasteiger partial charge in [0.25, 0.3) is 0 Å². The van der Waals surface area contributed by atoms with Gasteiger partial charge in [-0.3, -0.25) is 10.1 Å². The van der Waals surface area contributed by atoms with Crippen LogP contribution in [0.1, 0.15) is 66.7 Å². The second kappa shape index (κ2) is 10.3. The molecule has 0 bridgehead atoms. The summed E-state index contributed by atoms with van der Waals surface area (Å²) in [4.78, 5) is 11.0. The largest absolute Gasteiger partial charge is 0.413 e. The molecule has 0 aliphatic heterocycles. The van der Waals surface area contributed by atoms with Crippen LogP contribution >= 0.6 is 0 Å². The number of nitro groups is 1. The summed E-state index contributed by atoms with van der Waals surface area (Å²) in [5, 5.41) is 11.3. The molecule has 4 nitrogen and oxygen atoms in total. The van der Waals surface area contributed by atoms with E-state index in [9.17, 15) is 10.1 Å². The Hall–Kier alpha value is -0.683. The summed E-state index contributed by atoms with van der Waals surface area (Å²) in [5.41, 5.74) is 0. The smallest absolute Gasteiger partial charge is 0.207 e. The quantitative estimate of drug-likeness (QED) is 0.140. The van der Waals surface area contributed by atoms with Gasteiger partial charge in [-0.2, -0.15) is 0 Å². The zero-order valence-corrected chi connectivity index (χ0v) is 17.9. The molecule has 0 saturated heterocycles. The molecule has 0 radical (unpaired) electrons. The van der Waals surface area contributed by atoms with Crippen molar-refractivity contribution in [3.8, 4) is 0 Å². The first-order valence-corrected chi connectivity index (χ1v) is 12.3. The van der Waals surface area contributed by atoms with Gasteiger partial charge in [0, 0.05) is 10.8 Å². The van der Waals surface area contributed by atoms with Gasteiger partial charge in [-0.1, -0.05) is 60.0 Å². The number of hydrogen-bond acceptors (Lipinski definition) is 3. The van der Waals surface area contributed by atoms with Crippen LogP contribution < -0.4 is 0 Å². The molecule has 0 spiro atoms. The lowest BCUT2D eigenvalue weighted by molar-refractivity contribution is -0.490. The van der Waals surface area contributed by atoms with E-state index in [4.69, 9.17) is 4.43 Å². The summed E-state index contributed by atoms with van der Waals surface area (Å²) in [6.45, 7) is 19.4. The number of nitrogens with zero attached hydrogens (tertiary/aromatic N) is 1. The van der Waals surface area contributed by atoms with Gasteiger partial charge in [0.1, 0.15) is 0 Å². The molecular formula is C19H39NO3Si. The highest BCUT2D eigenvalue weighted by Crippen LogP contribution is 2.39. The Kier molecular flexibility index (Phi) is 10.0. The van der Waals surface area contributed by atoms with E-state index in [1.54, 1.807) is 0 Å². The average Bonchev–Trinajstić information content (AvgIpc) is 2.43. The molecule has 1 unspecified atom stereocenters. The minimum Gasteiger partial charge on any atom is -0.413 e. The van der Waals surface area contributed by atoms with Gasteiger partial charge in [-0.25, -0.2) is 0 Å². The van der Waals surface area contributed by atoms with Gasteiger partial charge < -0.3 is 4.43 Å². The van der Waals surface area contributed by atoms with Crippen molar-refractivity contribution < 1.29 is 9.35 Å². The maximum Gasteiger partial charge on any atom is 0.207 e. The van der Waals surface area contributed by atoms with Crippen LogP contribution in [0.3, 0.4) is 0 Å². The lowest BCUT2D eigenvalue weighted by Crippen LogP contribution is -2.46. The van der Waals surface area contributed by atoms with E-state index in [1.165, 1.54) is 0 Å². The molecule has 0 aromatic rings. The fourth-order valence-corrected chi connectivity index (χ4v) is 4.18. The first kappa shape index (κ1) is 23.3. The molecule has 3 atom stereocenters. The third-order valence-electron chi connectivity index (χ3n) is 5.54. The highest BCUT2D eigenvalue weighted by atomic mass is 28.4. The number of unbranched alkanes of at least 4 members (excludes halogenated alkanes) is 2. The molecule has 5 heteroatoms. The Morgan fingerprint density at radius 3 is 2.29 bits per heavy atom. The predicted molar refractivity (Wildman–Crippen MR) is 106 cm³/mol. The maximum absolute atomic E-state index is 11.1. The Morgan fingerprint density at radius 1 is 1.29 bits per heavy atom. The van der Waals surface area contributed by atoms with Crippen LogP contribution in [-0.2, 0) is 4.43 Å². The lowest BCUT2D eigenvalue weighted by atomic mass is 9.84. The minimum atomic E-state index is -1.91. The average molecular weight is 358 g/mol. The van der Waals surface area contributed by atoms with E-state index in [0.717, 1.165) is 32.1 Å². The molecule has 0 rings (SSSR count). The highest BCUT2D eigenvalue weighted by Gasteiger charge is 2.41. The fraction of sp³-hybridized carbons (Fsp3) is 0.895. The summed E-state index contributed by atoms with van der Waals surface area (Å²) < 4.78 is 6.62. The fourth-order valence-electron chi connectivity index (χ4n) is 2.76. The molecule has 24 heavy (non-hydrogen) atoms. The maximum atomic E-state index is 11.1. The highest BCUT2D eigenvalue weighted by molar-refractivity contribution is 6.74. The van der Waals surface area contributed by atoms with E-state index in [0.29, 0.717) is 0 Å². The first-order valence-electron chi connectivity index (χ1n) is 9.36. The van der Waals surface area contributed by atoms with Crippen LogP contribution in [-0.4, -0.2) is 25.9 Å². The van der Waals surface area contributed by atoms with Crippen LogP contribution in [0.5, 0.6) is 0 Å². The molecule has 0 aliphatic rings. The van der Waals surface area contributed by atoms with Gasteiger partial charge in [0.15, 0.2) is 8.32 Å². The zero-order valence-electron chi connectivity index (χ0n) is 16.9. The molecule has 0 heterocycles. The SMILES string of the molecule is C=CCC(O[Si](C)(C)C(C)(C)C)[C@H](C)[C@@H](CCCCC)C[N+](=O)[O-]. The Labute approximate surface area is 150 Å². The monoisotopic (exact) mass is 357 g/mol. The van der Waals surface area contributed by atoms with Crippen LogP contribution in [0, 0.1) is 22.0 Å². The van der Waals surface area contributed by atoms with Crippen molar-refractivity contribution in [2.75, 3.05) is 6.54 Å². The molecular weight excluding hydrogens is 318 g/mol. The van der Waals surface area contributed by atoms with Crippen molar-refractivity contribution in [3.63, 3.8) is 0 Å². The van der Waals surface area contributed by atoms with Crippen molar-refractivity contribution in [2.45, 2.75) is 91.0 Å². The van der Waals surface area contributed by atoms with E-state index in [2.05, 4.69) is 54.3 Å². The van der Waals surface area contributed by atoms with Gasteiger partial charge in [0.05, 0.1) is 6.10 Å². The zero-order chi connectivity index (χ0) is 19.0. The summed E-state index contributed by atoms with van der Waals surface area (Å²) in [6.07, 6.45) is 6.91. The van der Waals surface area contributed by atoms with Crippen LogP contribution in [0.25, 0.3) is 0 Å².